The van der Waals surface area contributed by atoms with Crippen LogP contribution in [0, 0.1) is 17.0 Å². The van der Waals surface area contributed by atoms with E-state index in [1.807, 2.05) is 0 Å². The zero-order chi connectivity index (χ0) is 15.7. The first-order chi connectivity index (χ1) is 10.6. The van der Waals surface area contributed by atoms with Crippen molar-refractivity contribution in [2.75, 3.05) is 11.9 Å². The summed E-state index contributed by atoms with van der Waals surface area (Å²) in [6, 6.07) is 4.59. The van der Waals surface area contributed by atoms with E-state index < -0.39 is 4.92 Å². The van der Waals surface area contributed by atoms with Crippen molar-refractivity contribution in [2.45, 2.75) is 19.9 Å². The van der Waals surface area contributed by atoms with Gasteiger partial charge in [-0.25, -0.2) is 0 Å². The van der Waals surface area contributed by atoms with E-state index in [2.05, 4.69) is 20.8 Å². The van der Waals surface area contributed by atoms with Gasteiger partial charge in [0.2, 0.25) is 0 Å². The molecule has 0 spiro atoms. The quantitative estimate of drug-likeness (QED) is 0.587. The lowest BCUT2D eigenvalue weighted by Crippen LogP contribution is -2.25. The normalized spacial score (nSPS) is 13.5. The third kappa shape index (κ3) is 2.44. The molecule has 1 aromatic carbocycles. The number of rotatable bonds is 3. The summed E-state index contributed by atoms with van der Waals surface area (Å²) in [7, 11) is 0. The molecule has 0 aliphatic carbocycles. The number of aromatic nitrogens is 2. The summed E-state index contributed by atoms with van der Waals surface area (Å²) in [5.41, 5.74) is 2.95. The summed E-state index contributed by atoms with van der Waals surface area (Å²) in [5.74, 6) is -0.371. The number of nitro groups is 1. The number of benzene rings is 1. The molecule has 3 rings (SSSR count). The van der Waals surface area contributed by atoms with Crippen LogP contribution < -0.4 is 10.6 Å². The molecule has 8 heteroatoms. The van der Waals surface area contributed by atoms with Crippen LogP contribution >= 0.6 is 0 Å². The van der Waals surface area contributed by atoms with Gasteiger partial charge in [0.25, 0.3) is 11.6 Å². The minimum absolute atomic E-state index is 0.0245. The standard InChI is InChI=1S/C14H15N5O3/c1-8-10(3-2-4-12(8)19(21)22)16-14(20)13-9-7-15-6-5-11(9)17-18-13/h2-4,15H,5-7H2,1H3,(H,16,20)(H,17,18). The Morgan fingerprint density at radius 3 is 3.05 bits per heavy atom. The smallest absolute Gasteiger partial charge is 0.276 e. The fourth-order valence-electron chi connectivity index (χ4n) is 2.55. The predicted molar refractivity (Wildman–Crippen MR) is 79.8 cm³/mol. The summed E-state index contributed by atoms with van der Waals surface area (Å²) in [6.45, 7) is 3.04. The van der Waals surface area contributed by atoms with Crippen molar-refractivity contribution >= 4 is 17.3 Å². The number of H-pyrrole nitrogens is 1. The highest BCUT2D eigenvalue weighted by Crippen LogP contribution is 2.26. The van der Waals surface area contributed by atoms with Crippen molar-refractivity contribution in [2.24, 2.45) is 0 Å². The van der Waals surface area contributed by atoms with Gasteiger partial charge in [0, 0.05) is 36.8 Å². The molecule has 1 aromatic heterocycles. The van der Waals surface area contributed by atoms with E-state index in [0.29, 0.717) is 23.5 Å². The molecule has 0 atom stereocenters. The van der Waals surface area contributed by atoms with E-state index >= 15 is 0 Å². The molecule has 1 amide bonds. The van der Waals surface area contributed by atoms with Gasteiger partial charge in [0.1, 0.15) is 0 Å². The molecular formula is C14H15N5O3. The maximum Gasteiger partial charge on any atom is 0.276 e. The Labute approximate surface area is 126 Å². The van der Waals surface area contributed by atoms with Crippen LogP contribution in [-0.2, 0) is 13.0 Å². The summed E-state index contributed by atoms with van der Waals surface area (Å²) in [5, 5.41) is 23.8. The summed E-state index contributed by atoms with van der Waals surface area (Å²) in [6.07, 6.45) is 0.797. The molecule has 3 N–H and O–H groups in total. The van der Waals surface area contributed by atoms with Crippen LogP contribution in [0.15, 0.2) is 18.2 Å². The lowest BCUT2D eigenvalue weighted by molar-refractivity contribution is -0.385. The number of hydrogen-bond donors (Lipinski definition) is 3. The summed E-state index contributed by atoms with van der Waals surface area (Å²) in [4.78, 5) is 22.9. The van der Waals surface area contributed by atoms with Crippen LogP contribution in [0.2, 0.25) is 0 Å². The summed E-state index contributed by atoms with van der Waals surface area (Å²) < 4.78 is 0. The number of anilines is 1. The van der Waals surface area contributed by atoms with E-state index in [1.54, 1.807) is 19.1 Å². The number of amides is 1. The van der Waals surface area contributed by atoms with E-state index in [-0.39, 0.29) is 11.6 Å². The Balaban J connectivity index is 1.88. The van der Waals surface area contributed by atoms with E-state index in [4.69, 9.17) is 0 Å². The molecule has 0 bridgehead atoms. The maximum atomic E-state index is 12.4. The van der Waals surface area contributed by atoms with Gasteiger partial charge in [0.05, 0.1) is 16.2 Å². The van der Waals surface area contributed by atoms with E-state index in [1.165, 1.54) is 6.07 Å². The lowest BCUT2D eigenvalue weighted by Gasteiger charge is -2.13. The molecule has 0 radical (unpaired) electrons. The minimum atomic E-state index is -0.467. The first-order valence-corrected chi connectivity index (χ1v) is 6.90. The fraction of sp³-hybridized carbons (Fsp3) is 0.286. The van der Waals surface area contributed by atoms with Crippen LogP contribution in [0.5, 0.6) is 0 Å². The molecule has 114 valence electrons. The Bertz CT molecular complexity index is 753. The predicted octanol–water partition coefficient (Wildman–Crippen LogP) is 1.52. The molecule has 0 unspecified atom stereocenters. The number of fused-ring (bicyclic) bond motifs is 1. The highest BCUT2D eigenvalue weighted by molar-refractivity contribution is 6.04. The Morgan fingerprint density at radius 1 is 1.45 bits per heavy atom. The second-order valence-corrected chi connectivity index (χ2v) is 5.12. The molecule has 0 saturated carbocycles. The van der Waals surface area contributed by atoms with Crippen LogP contribution in [0.4, 0.5) is 11.4 Å². The number of hydrogen-bond acceptors (Lipinski definition) is 5. The number of carbonyl (C=O) groups excluding carboxylic acids is 1. The summed E-state index contributed by atoms with van der Waals surface area (Å²) >= 11 is 0. The van der Waals surface area contributed by atoms with Crippen molar-refractivity contribution < 1.29 is 9.72 Å². The number of nitrogens with zero attached hydrogens (tertiary/aromatic N) is 2. The van der Waals surface area contributed by atoms with Crippen molar-refractivity contribution in [3.05, 3.63) is 50.8 Å². The van der Waals surface area contributed by atoms with Gasteiger partial charge in [-0.2, -0.15) is 5.10 Å². The van der Waals surface area contributed by atoms with Gasteiger partial charge in [-0.15, -0.1) is 0 Å². The van der Waals surface area contributed by atoms with Crippen molar-refractivity contribution in [3.8, 4) is 0 Å². The van der Waals surface area contributed by atoms with Gasteiger partial charge in [-0.3, -0.25) is 20.0 Å². The third-order valence-electron chi connectivity index (χ3n) is 3.77. The topological polar surface area (TPSA) is 113 Å². The van der Waals surface area contributed by atoms with Crippen molar-refractivity contribution in [3.63, 3.8) is 0 Å². The molecular weight excluding hydrogens is 286 g/mol. The molecule has 0 fully saturated rings. The van der Waals surface area contributed by atoms with Crippen LogP contribution in [0.3, 0.4) is 0 Å². The van der Waals surface area contributed by atoms with Crippen LogP contribution in [0.1, 0.15) is 27.3 Å². The van der Waals surface area contributed by atoms with Crippen LogP contribution in [0.25, 0.3) is 0 Å². The van der Waals surface area contributed by atoms with Gasteiger partial charge >= 0.3 is 0 Å². The molecule has 2 heterocycles. The van der Waals surface area contributed by atoms with Crippen molar-refractivity contribution in [1.82, 2.24) is 15.5 Å². The van der Waals surface area contributed by atoms with Gasteiger partial charge in [-0.1, -0.05) is 6.07 Å². The third-order valence-corrected chi connectivity index (χ3v) is 3.77. The SMILES string of the molecule is Cc1c(NC(=O)c2n[nH]c3c2CNCC3)cccc1[N+](=O)[O-]. The Hall–Kier alpha value is -2.74. The monoisotopic (exact) mass is 301 g/mol. The second kappa shape index (κ2) is 5.57. The molecule has 2 aromatic rings. The van der Waals surface area contributed by atoms with E-state index in [9.17, 15) is 14.9 Å². The number of aromatic amines is 1. The number of carbonyl (C=O) groups is 1. The molecule has 1 aliphatic rings. The van der Waals surface area contributed by atoms with Crippen LogP contribution in [-0.4, -0.2) is 27.6 Å². The molecule has 8 nitrogen and oxygen atoms in total. The average Bonchev–Trinajstić information content (AvgIpc) is 2.93. The Morgan fingerprint density at radius 2 is 2.27 bits per heavy atom. The van der Waals surface area contributed by atoms with Gasteiger partial charge in [0.15, 0.2) is 5.69 Å². The lowest BCUT2D eigenvalue weighted by atomic mass is 10.1. The number of nitrogens with one attached hydrogen (secondary N) is 3. The number of nitro benzene ring substituents is 1. The highest BCUT2D eigenvalue weighted by atomic mass is 16.6. The minimum Gasteiger partial charge on any atom is -0.320 e. The fourth-order valence-corrected chi connectivity index (χ4v) is 2.55. The first-order valence-electron chi connectivity index (χ1n) is 6.90. The zero-order valence-corrected chi connectivity index (χ0v) is 12.0. The van der Waals surface area contributed by atoms with Gasteiger partial charge in [-0.05, 0) is 13.0 Å². The molecule has 22 heavy (non-hydrogen) atoms. The maximum absolute atomic E-state index is 12.4. The molecule has 1 aliphatic heterocycles. The van der Waals surface area contributed by atoms with E-state index in [0.717, 1.165) is 24.2 Å². The second-order valence-electron chi connectivity index (χ2n) is 5.12. The highest BCUT2D eigenvalue weighted by Gasteiger charge is 2.23. The first kappa shape index (κ1) is 14.2. The van der Waals surface area contributed by atoms with Gasteiger partial charge < -0.3 is 10.6 Å². The Kier molecular flexibility index (Phi) is 3.60. The molecule has 0 saturated heterocycles. The zero-order valence-electron chi connectivity index (χ0n) is 12.0. The average molecular weight is 301 g/mol. The largest absolute Gasteiger partial charge is 0.320 e. The van der Waals surface area contributed by atoms with Crippen molar-refractivity contribution in [1.29, 1.82) is 0 Å².